The van der Waals surface area contributed by atoms with Crippen molar-refractivity contribution in [2.24, 2.45) is 0 Å². The van der Waals surface area contributed by atoms with E-state index in [1.807, 2.05) is 91.5 Å². The fourth-order valence-corrected chi connectivity index (χ4v) is 5.41. The third-order valence-corrected chi connectivity index (χ3v) is 7.45. The van der Waals surface area contributed by atoms with Crippen LogP contribution in [0, 0.1) is 13.8 Å². The molecule has 1 spiro atoms. The standard InChI is InChI=1S/C31H33N3O4/c1-22-8-6-12-25(18-22)29(36)33-16-14-31(15-17-33)34(30(37)26-13-7-9-23(2)19-26)27(21-38-31)28(35)32-20-24-10-4-3-5-11-24/h3-13,18-19,27H,14-17,20-21H2,1-2H3,(H,32,35). The van der Waals surface area contributed by atoms with Crippen LogP contribution in [0.3, 0.4) is 0 Å². The Kier molecular flexibility index (Phi) is 7.29. The van der Waals surface area contributed by atoms with E-state index in [1.165, 1.54) is 0 Å². The van der Waals surface area contributed by atoms with Gasteiger partial charge >= 0.3 is 0 Å². The first-order valence-corrected chi connectivity index (χ1v) is 13.1. The second-order valence-corrected chi connectivity index (χ2v) is 10.2. The lowest BCUT2D eigenvalue weighted by atomic mass is 9.95. The molecular weight excluding hydrogens is 478 g/mol. The SMILES string of the molecule is Cc1cccc(C(=O)N2CCC3(CC2)OCC(C(=O)NCc2ccccc2)N3C(=O)c2cccc(C)c2)c1. The van der Waals surface area contributed by atoms with Crippen LogP contribution < -0.4 is 5.32 Å². The van der Waals surface area contributed by atoms with Gasteiger partial charge in [-0.25, -0.2) is 0 Å². The number of nitrogens with one attached hydrogen (secondary N) is 1. The monoisotopic (exact) mass is 511 g/mol. The summed E-state index contributed by atoms with van der Waals surface area (Å²) in [6, 6.07) is 23.9. The van der Waals surface area contributed by atoms with E-state index < -0.39 is 11.8 Å². The summed E-state index contributed by atoms with van der Waals surface area (Å²) in [5, 5.41) is 2.99. The van der Waals surface area contributed by atoms with Gasteiger partial charge in [-0.3, -0.25) is 19.3 Å². The molecule has 196 valence electrons. The zero-order valence-electron chi connectivity index (χ0n) is 21.9. The molecule has 0 radical (unpaired) electrons. The average Bonchev–Trinajstić information content (AvgIpc) is 3.30. The van der Waals surface area contributed by atoms with Crippen LogP contribution in [0.25, 0.3) is 0 Å². The van der Waals surface area contributed by atoms with Crippen LogP contribution in [0.4, 0.5) is 0 Å². The van der Waals surface area contributed by atoms with Crippen molar-refractivity contribution in [3.63, 3.8) is 0 Å². The van der Waals surface area contributed by atoms with Crippen LogP contribution in [0.15, 0.2) is 78.9 Å². The van der Waals surface area contributed by atoms with Crippen molar-refractivity contribution in [1.82, 2.24) is 15.1 Å². The van der Waals surface area contributed by atoms with Gasteiger partial charge in [-0.2, -0.15) is 0 Å². The lowest BCUT2D eigenvalue weighted by Crippen LogP contribution is -2.59. The number of hydrogen-bond acceptors (Lipinski definition) is 4. The van der Waals surface area contributed by atoms with Gasteiger partial charge in [0.05, 0.1) is 6.61 Å². The predicted molar refractivity (Wildman–Crippen MR) is 144 cm³/mol. The Hall–Kier alpha value is -3.97. The molecule has 1 N–H and O–H groups in total. The number of carbonyl (C=O) groups is 3. The molecular formula is C31H33N3O4. The van der Waals surface area contributed by atoms with E-state index in [2.05, 4.69) is 5.32 Å². The van der Waals surface area contributed by atoms with E-state index in [0.29, 0.717) is 43.6 Å². The van der Waals surface area contributed by atoms with E-state index in [4.69, 9.17) is 4.74 Å². The minimum absolute atomic E-state index is 0.0322. The highest BCUT2D eigenvalue weighted by Crippen LogP contribution is 2.39. The molecule has 2 saturated heterocycles. The summed E-state index contributed by atoms with van der Waals surface area (Å²) in [6.45, 7) is 5.25. The van der Waals surface area contributed by atoms with Crippen molar-refractivity contribution in [1.29, 1.82) is 0 Å². The van der Waals surface area contributed by atoms with Crippen molar-refractivity contribution < 1.29 is 19.1 Å². The Balaban J connectivity index is 1.37. The number of hydrogen-bond donors (Lipinski definition) is 1. The molecule has 0 bridgehead atoms. The van der Waals surface area contributed by atoms with Crippen molar-refractivity contribution in [2.75, 3.05) is 19.7 Å². The number of rotatable bonds is 5. The summed E-state index contributed by atoms with van der Waals surface area (Å²) in [5.41, 5.74) is 3.21. The molecule has 7 heteroatoms. The third-order valence-electron chi connectivity index (χ3n) is 7.45. The van der Waals surface area contributed by atoms with Gasteiger partial charge in [-0.05, 0) is 43.7 Å². The summed E-state index contributed by atoms with van der Waals surface area (Å²) in [6.07, 6.45) is 0.870. The van der Waals surface area contributed by atoms with Crippen LogP contribution >= 0.6 is 0 Å². The highest BCUT2D eigenvalue weighted by atomic mass is 16.5. The number of likely N-dealkylation sites (tertiary alicyclic amines) is 1. The quantitative estimate of drug-likeness (QED) is 0.560. The Bertz CT molecular complexity index is 1330. The fourth-order valence-electron chi connectivity index (χ4n) is 5.41. The van der Waals surface area contributed by atoms with Gasteiger partial charge in [-0.1, -0.05) is 65.7 Å². The summed E-state index contributed by atoms with van der Waals surface area (Å²) in [7, 11) is 0. The lowest BCUT2D eigenvalue weighted by molar-refractivity contribution is -0.128. The zero-order chi connectivity index (χ0) is 26.7. The molecule has 3 amide bonds. The normalized spacial score (nSPS) is 18.4. The second kappa shape index (κ2) is 10.8. The van der Waals surface area contributed by atoms with Crippen LogP contribution in [-0.2, 0) is 16.1 Å². The van der Waals surface area contributed by atoms with E-state index in [0.717, 1.165) is 16.7 Å². The van der Waals surface area contributed by atoms with Gasteiger partial charge < -0.3 is 15.0 Å². The Morgan fingerprint density at radius 3 is 2.05 bits per heavy atom. The van der Waals surface area contributed by atoms with E-state index >= 15 is 0 Å². The van der Waals surface area contributed by atoms with Crippen molar-refractivity contribution in [2.45, 2.75) is 45.0 Å². The number of piperidine rings is 1. The largest absolute Gasteiger partial charge is 0.353 e. The first kappa shape index (κ1) is 25.7. The molecule has 2 fully saturated rings. The topological polar surface area (TPSA) is 79.0 Å². The second-order valence-electron chi connectivity index (χ2n) is 10.2. The summed E-state index contributed by atoms with van der Waals surface area (Å²) >= 11 is 0. The smallest absolute Gasteiger partial charge is 0.256 e. The van der Waals surface area contributed by atoms with Crippen LogP contribution in [-0.4, -0.2) is 59.0 Å². The number of carbonyl (C=O) groups excluding carboxylic acids is 3. The van der Waals surface area contributed by atoms with E-state index in [1.54, 1.807) is 11.0 Å². The van der Waals surface area contributed by atoms with E-state index in [-0.39, 0.29) is 24.3 Å². The van der Waals surface area contributed by atoms with Gasteiger partial charge in [0.25, 0.3) is 11.8 Å². The first-order chi connectivity index (χ1) is 18.4. The molecule has 0 saturated carbocycles. The number of aryl methyl sites for hydroxylation is 2. The van der Waals surface area contributed by atoms with E-state index in [9.17, 15) is 14.4 Å². The molecule has 2 aliphatic rings. The van der Waals surface area contributed by atoms with Crippen molar-refractivity contribution in [3.05, 3.63) is 107 Å². The molecule has 1 atom stereocenters. The van der Waals surface area contributed by atoms with Crippen molar-refractivity contribution in [3.8, 4) is 0 Å². The maximum atomic E-state index is 13.9. The van der Waals surface area contributed by atoms with Crippen molar-refractivity contribution >= 4 is 17.7 Å². The minimum Gasteiger partial charge on any atom is -0.353 e. The minimum atomic E-state index is -0.945. The Morgan fingerprint density at radius 2 is 1.45 bits per heavy atom. The number of nitrogens with zero attached hydrogens (tertiary/aromatic N) is 2. The van der Waals surface area contributed by atoms with Crippen LogP contribution in [0.5, 0.6) is 0 Å². The first-order valence-electron chi connectivity index (χ1n) is 13.1. The maximum absolute atomic E-state index is 13.9. The maximum Gasteiger partial charge on any atom is 0.256 e. The van der Waals surface area contributed by atoms with Crippen LogP contribution in [0.2, 0.25) is 0 Å². The highest BCUT2D eigenvalue weighted by Gasteiger charge is 2.54. The Morgan fingerprint density at radius 1 is 0.842 bits per heavy atom. The van der Waals surface area contributed by atoms with Gasteiger partial charge in [0, 0.05) is 43.6 Å². The molecule has 2 heterocycles. The number of amides is 3. The fraction of sp³-hybridized carbons (Fsp3) is 0.323. The van der Waals surface area contributed by atoms with Gasteiger partial charge in [-0.15, -0.1) is 0 Å². The molecule has 3 aromatic carbocycles. The molecule has 0 aliphatic carbocycles. The van der Waals surface area contributed by atoms with Gasteiger partial charge in [0.2, 0.25) is 5.91 Å². The summed E-state index contributed by atoms with van der Waals surface area (Å²) < 4.78 is 6.31. The van der Waals surface area contributed by atoms with Crippen LogP contribution in [0.1, 0.15) is 50.2 Å². The number of benzene rings is 3. The lowest BCUT2D eigenvalue weighted by Gasteiger charge is -2.44. The molecule has 2 aliphatic heterocycles. The number of ether oxygens (including phenoxy) is 1. The molecule has 1 unspecified atom stereocenters. The predicted octanol–water partition coefficient (Wildman–Crippen LogP) is 4.09. The van der Waals surface area contributed by atoms with Gasteiger partial charge in [0.1, 0.15) is 11.8 Å². The average molecular weight is 512 g/mol. The van der Waals surface area contributed by atoms with Gasteiger partial charge in [0.15, 0.2) is 0 Å². The molecule has 38 heavy (non-hydrogen) atoms. The third kappa shape index (κ3) is 5.20. The Labute approximate surface area is 223 Å². The summed E-state index contributed by atoms with van der Waals surface area (Å²) in [5.74, 6) is -0.509. The summed E-state index contributed by atoms with van der Waals surface area (Å²) in [4.78, 5) is 43.9. The molecule has 7 nitrogen and oxygen atoms in total. The highest BCUT2D eigenvalue weighted by molar-refractivity contribution is 5.99. The zero-order valence-corrected chi connectivity index (χ0v) is 21.9. The molecule has 0 aromatic heterocycles. The molecule has 5 rings (SSSR count). The molecule has 3 aromatic rings.